The van der Waals surface area contributed by atoms with E-state index >= 15 is 0 Å². The molecule has 0 saturated heterocycles. The number of rotatable bonds is 2. The Bertz CT molecular complexity index is 874. The largest absolute Gasteiger partial charge is 0.311 e. The SMILES string of the molecule is CC(=O)Nc1cc2cc(-c3cnccc3C)nc(C)c2cn1. The number of nitrogens with one attached hydrogen (secondary N) is 1. The fourth-order valence-electron chi connectivity index (χ4n) is 2.43. The lowest BCUT2D eigenvalue weighted by Crippen LogP contribution is -2.07. The van der Waals surface area contributed by atoms with Crippen molar-refractivity contribution in [2.45, 2.75) is 20.8 Å². The lowest BCUT2D eigenvalue weighted by Gasteiger charge is -2.09. The smallest absolute Gasteiger partial charge is 0.222 e. The minimum atomic E-state index is -0.138. The molecule has 0 saturated carbocycles. The van der Waals surface area contributed by atoms with Gasteiger partial charge < -0.3 is 5.32 Å². The molecule has 5 heteroatoms. The Kier molecular flexibility index (Phi) is 3.55. The molecule has 1 N–H and O–H groups in total. The zero-order valence-electron chi connectivity index (χ0n) is 12.7. The van der Waals surface area contributed by atoms with Crippen molar-refractivity contribution in [1.29, 1.82) is 0 Å². The molecule has 0 aliphatic carbocycles. The predicted octanol–water partition coefficient (Wildman–Crippen LogP) is 3.27. The van der Waals surface area contributed by atoms with E-state index in [0.29, 0.717) is 5.82 Å². The van der Waals surface area contributed by atoms with E-state index in [0.717, 1.165) is 33.3 Å². The van der Waals surface area contributed by atoms with Gasteiger partial charge in [0.1, 0.15) is 5.82 Å². The summed E-state index contributed by atoms with van der Waals surface area (Å²) in [5.41, 5.74) is 3.90. The number of hydrogen-bond acceptors (Lipinski definition) is 4. The molecule has 3 rings (SSSR count). The van der Waals surface area contributed by atoms with Crippen molar-refractivity contribution in [2.24, 2.45) is 0 Å². The van der Waals surface area contributed by atoms with Crippen LogP contribution in [0.3, 0.4) is 0 Å². The van der Waals surface area contributed by atoms with Crippen LogP contribution < -0.4 is 5.32 Å². The van der Waals surface area contributed by atoms with Crippen molar-refractivity contribution in [2.75, 3.05) is 5.32 Å². The molecule has 0 radical (unpaired) electrons. The third-order valence-corrected chi connectivity index (χ3v) is 3.53. The number of amides is 1. The van der Waals surface area contributed by atoms with Crippen LogP contribution in [0.5, 0.6) is 0 Å². The van der Waals surface area contributed by atoms with Crippen LogP contribution in [-0.2, 0) is 4.79 Å². The summed E-state index contributed by atoms with van der Waals surface area (Å²) >= 11 is 0. The van der Waals surface area contributed by atoms with Crippen molar-refractivity contribution >= 4 is 22.5 Å². The molecule has 0 aliphatic rings. The second kappa shape index (κ2) is 5.52. The number of aromatic nitrogens is 3. The Labute approximate surface area is 128 Å². The predicted molar refractivity (Wildman–Crippen MR) is 86.5 cm³/mol. The van der Waals surface area contributed by atoms with Crippen molar-refractivity contribution in [3.8, 4) is 11.3 Å². The first-order chi connectivity index (χ1) is 10.5. The second-order valence-electron chi connectivity index (χ2n) is 5.26. The molecule has 3 heterocycles. The number of hydrogen-bond donors (Lipinski definition) is 1. The summed E-state index contributed by atoms with van der Waals surface area (Å²) in [6.45, 7) is 5.46. The molecule has 110 valence electrons. The highest BCUT2D eigenvalue weighted by Gasteiger charge is 2.09. The topological polar surface area (TPSA) is 67.8 Å². The Morgan fingerprint density at radius 1 is 1.18 bits per heavy atom. The van der Waals surface area contributed by atoms with Gasteiger partial charge in [-0.05, 0) is 43.0 Å². The van der Waals surface area contributed by atoms with E-state index < -0.39 is 0 Å². The normalized spacial score (nSPS) is 10.7. The van der Waals surface area contributed by atoms with E-state index in [-0.39, 0.29) is 5.91 Å². The molecular formula is C17H16N4O. The van der Waals surface area contributed by atoms with Crippen molar-refractivity contribution in [1.82, 2.24) is 15.0 Å². The second-order valence-corrected chi connectivity index (χ2v) is 5.26. The van der Waals surface area contributed by atoms with Gasteiger partial charge in [0.15, 0.2) is 0 Å². The van der Waals surface area contributed by atoms with E-state index in [4.69, 9.17) is 0 Å². The van der Waals surface area contributed by atoms with Gasteiger partial charge in [-0.25, -0.2) is 4.98 Å². The number of anilines is 1. The first kappa shape index (κ1) is 14.1. The van der Waals surface area contributed by atoms with Crippen LogP contribution in [0.25, 0.3) is 22.0 Å². The number of nitrogens with zero attached hydrogens (tertiary/aromatic N) is 3. The molecule has 0 unspecified atom stereocenters. The monoisotopic (exact) mass is 292 g/mol. The van der Waals surface area contributed by atoms with Crippen LogP contribution in [-0.4, -0.2) is 20.9 Å². The minimum Gasteiger partial charge on any atom is -0.311 e. The van der Waals surface area contributed by atoms with Gasteiger partial charge in [-0.2, -0.15) is 0 Å². The van der Waals surface area contributed by atoms with Gasteiger partial charge in [-0.1, -0.05) is 0 Å². The fourth-order valence-corrected chi connectivity index (χ4v) is 2.43. The highest BCUT2D eigenvalue weighted by atomic mass is 16.1. The number of pyridine rings is 3. The summed E-state index contributed by atoms with van der Waals surface area (Å²) in [7, 11) is 0. The van der Waals surface area contributed by atoms with E-state index in [2.05, 4.69) is 20.3 Å². The maximum absolute atomic E-state index is 11.2. The molecular weight excluding hydrogens is 276 g/mol. The molecule has 3 aromatic heterocycles. The first-order valence-electron chi connectivity index (χ1n) is 7.00. The third kappa shape index (κ3) is 2.65. The molecule has 1 amide bonds. The lowest BCUT2D eigenvalue weighted by atomic mass is 10.0. The van der Waals surface area contributed by atoms with Gasteiger partial charge in [-0.3, -0.25) is 14.8 Å². The molecule has 0 fully saturated rings. The molecule has 0 atom stereocenters. The molecule has 5 nitrogen and oxygen atoms in total. The summed E-state index contributed by atoms with van der Waals surface area (Å²) in [5, 5.41) is 4.67. The van der Waals surface area contributed by atoms with Crippen LogP contribution in [0.4, 0.5) is 5.82 Å². The lowest BCUT2D eigenvalue weighted by molar-refractivity contribution is -0.114. The zero-order chi connectivity index (χ0) is 15.7. The Balaban J connectivity index is 2.17. The van der Waals surface area contributed by atoms with Crippen LogP contribution in [0, 0.1) is 13.8 Å². The van der Waals surface area contributed by atoms with Crippen LogP contribution in [0.15, 0.2) is 36.8 Å². The Morgan fingerprint density at radius 3 is 2.73 bits per heavy atom. The Hall–Kier alpha value is -2.82. The molecule has 0 bridgehead atoms. The molecule has 0 spiro atoms. The standard InChI is InChI=1S/C17H16N4O/c1-10-4-5-18-8-14(10)16-6-13-7-17(21-12(3)22)19-9-15(13)11(2)20-16/h4-9H,1-3H3,(H,19,21,22). The zero-order valence-corrected chi connectivity index (χ0v) is 12.7. The van der Waals surface area contributed by atoms with Gasteiger partial charge in [0.25, 0.3) is 0 Å². The van der Waals surface area contributed by atoms with E-state index in [1.54, 1.807) is 12.4 Å². The maximum Gasteiger partial charge on any atom is 0.222 e. The average Bonchev–Trinajstić information content (AvgIpc) is 2.46. The van der Waals surface area contributed by atoms with Gasteiger partial charge in [0.05, 0.1) is 5.69 Å². The molecule has 3 aromatic rings. The summed E-state index contributed by atoms with van der Waals surface area (Å²) in [6.07, 6.45) is 5.33. The summed E-state index contributed by atoms with van der Waals surface area (Å²) in [4.78, 5) is 24.3. The fraction of sp³-hybridized carbons (Fsp3) is 0.176. The third-order valence-electron chi connectivity index (χ3n) is 3.53. The highest BCUT2D eigenvalue weighted by molar-refractivity contribution is 5.93. The van der Waals surface area contributed by atoms with E-state index in [9.17, 15) is 4.79 Å². The summed E-state index contributed by atoms with van der Waals surface area (Å²) in [5.74, 6) is 0.403. The number of carbonyl (C=O) groups is 1. The quantitative estimate of drug-likeness (QED) is 0.787. The number of aryl methyl sites for hydroxylation is 2. The number of fused-ring (bicyclic) bond motifs is 1. The van der Waals surface area contributed by atoms with Gasteiger partial charge in [0, 0.05) is 42.2 Å². The first-order valence-corrected chi connectivity index (χ1v) is 7.00. The summed E-state index contributed by atoms with van der Waals surface area (Å²) in [6, 6.07) is 5.83. The van der Waals surface area contributed by atoms with Crippen LogP contribution >= 0.6 is 0 Å². The van der Waals surface area contributed by atoms with Crippen LogP contribution in [0.2, 0.25) is 0 Å². The number of carbonyl (C=O) groups excluding carboxylic acids is 1. The average molecular weight is 292 g/mol. The van der Waals surface area contributed by atoms with Gasteiger partial charge >= 0.3 is 0 Å². The van der Waals surface area contributed by atoms with Crippen molar-refractivity contribution in [3.05, 3.63) is 48.0 Å². The van der Waals surface area contributed by atoms with E-state index in [1.807, 2.05) is 38.2 Å². The van der Waals surface area contributed by atoms with Crippen LogP contribution in [0.1, 0.15) is 18.2 Å². The molecule has 0 aromatic carbocycles. The van der Waals surface area contributed by atoms with Gasteiger partial charge in [-0.15, -0.1) is 0 Å². The highest BCUT2D eigenvalue weighted by Crippen LogP contribution is 2.27. The summed E-state index contributed by atoms with van der Waals surface area (Å²) < 4.78 is 0. The van der Waals surface area contributed by atoms with E-state index in [1.165, 1.54) is 6.92 Å². The van der Waals surface area contributed by atoms with Crippen molar-refractivity contribution in [3.63, 3.8) is 0 Å². The van der Waals surface area contributed by atoms with Gasteiger partial charge in [0.2, 0.25) is 5.91 Å². The Morgan fingerprint density at radius 2 is 2.00 bits per heavy atom. The molecule has 0 aliphatic heterocycles. The minimum absolute atomic E-state index is 0.138. The molecule has 22 heavy (non-hydrogen) atoms. The maximum atomic E-state index is 11.2. The van der Waals surface area contributed by atoms with Crippen molar-refractivity contribution < 1.29 is 4.79 Å².